The van der Waals surface area contributed by atoms with Gasteiger partial charge in [-0.15, -0.1) is 0 Å². The van der Waals surface area contributed by atoms with E-state index >= 15 is 0 Å². The standard InChI is InChI=1S/C13H18BrNO3/c1-4-9(8-17-2)15-13(16)11-7-10(18-3)5-6-12(11)14/h5-7,9H,4,8H2,1-3H3,(H,15,16). The first-order valence-corrected chi connectivity index (χ1v) is 6.55. The predicted molar refractivity (Wildman–Crippen MR) is 74.1 cm³/mol. The number of nitrogens with one attached hydrogen (secondary N) is 1. The Kier molecular flexibility index (Phi) is 6.15. The second-order valence-electron chi connectivity index (χ2n) is 3.88. The highest BCUT2D eigenvalue weighted by atomic mass is 79.9. The molecule has 4 nitrogen and oxygen atoms in total. The van der Waals surface area contributed by atoms with Gasteiger partial charge in [-0.05, 0) is 40.5 Å². The number of benzene rings is 1. The maximum Gasteiger partial charge on any atom is 0.252 e. The third kappa shape index (κ3) is 3.99. The minimum atomic E-state index is -0.135. The van der Waals surface area contributed by atoms with E-state index in [4.69, 9.17) is 9.47 Å². The summed E-state index contributed by atoms with van der Waals surface area (Å²) in [7, 11) is 3.20. The fraction of sp³-hybridized carbons (Fsp3) is 0.462. The van der Waals surface area contributed by atoms with Crippen molar-refractivity contribution < 1.29 is 14.3 Å². The van der Waals surface area contributed by atoms with Crippen molar-refractivity contribution in [1.82, 2.24) is 5.32 Å². The zero-order chi connectivity index (χ0) is 13.5. The highest BCUT2D eigenvalue weighted by Gasteiger charge is 2.15. The third-order valence-corrected chi connectivity index (χ3v) is 3.31. The normalized spacial score (nSPS) is 12.0. The molecule has 0 aliphatic heterocycles. The molecule has 1 amide bonds. The van der Waals surface area contributed by atoms with Crippen LogP contribution in [0.1, 0.15) is 23.7 Å². The van der Waals surface area contributed by atoms with E-state index in [1.54, 1.807) is 32.4 Å². The van der Waals surface area contributed by atoms with Crippen LogP contribution in [-0.4, -0.2) is 32.8 Å². The topological polar surface area (TPSA) is 47.6 Å². The Labute approximate surface area is 116 Å². The predicted octanol–water partition coefficient (Wildman–Crippen LogP) is 2.61. The van der Waals surface area contributed by atoms with Crippen molar-refractivity contribution in [3.8, 4) is 5.75 Å². The van der Waals surface area contributed by atoms with E-state index in [-0.39, 0.29) is 11.9 Å². The lowest BCUT2D eigenvalue weighted by Gasteiger charge is -2.16. The summed E-state index contributed by atoms with van der Waals surface area (Å²) in [6.07, 6.45) is 0.821. The zero-order valence-electron chi connectivity index (χ0n) is 10.8. The number of methoxy groups -OCH3 is 2. The molecule has 0 heterocycles. The van der Waals surface area contributed by atoms with Gasteiger partial charge >= 0.3 is 0 Å². The number of ether oxygens (including phenoxy) is 2. The van der Waals surface area contributed by atoms with Gasteiger partial charge in [-0.1, -0.05) is 6.92 Å². The van der Waals surface area contributed by atoms with Crippen LogP contribution >= 0.6 is 15.9 Å². The summed E-state index contributed by atoms with van der Waals surface area (Å²) < 4.78 is 10.9. The summed E-state index contributed by atoms with van der Waals surface area (Å²) >= 11 is 3.36. The molecule has 0 aliphatic carbocycles. The van der Waals surface area contributed by atoms with Crippen molar-refractivity contribution >= 4 is 21.8 Å². The number of rotatable bonds is 6. The van der Waals surface area contributed by atoms with E-state index in [0.717, 1.165) is 10.9 Å². The molecule has 18 heavy (non-hydrogen) atoms. The highest BCUT2D eigenvalue weighted by Crippen LogP contribution is 2.22. The fourth-order valence-electron chi connectivity index (χ4n) is 1.53. The van der Waals surface area contributed by atoms with Crippen LogP contribution in [0.15, 0.2) is 22.7 Å². The molecular weight excluding hydrogens is 298 g/mol. The van der Waals surface area contributed by atoms with E-state index in [2.05, 4.69) is 21.2 Å². The van der Waals surface area contributed by atoms with Crippen LogP contribution < -0.4 is 10.1 Å². The Morgan fingerprint density at radius 3 is 2.72 bits per heavy atom. The lowest BCUT2D eigenvalue weighted by Crippen LogP contribution is -2.37. The largest absolute Gasteiger partial charge is 0.497 e. The van der Waals surface area contributed by atoms with Gasteiger partial charge in [0.05, 0.1) is 25.3 Å². The molecule has 0 fully saturated rings. The molecule has 1 atom stereocenters. The quantitative estimate of drug-likeness (QED) is 0.877. The maximum atomic E-state index is 12.1. The van der Waals surface area contributed by atoms with Crippen LogP contribution in [0.4, 0.5) is 0 Å². The highest BCUT2D eigenvalue weighted by molar-refractivity contribution is 9.10. The summed E-state index contributed by atoms with van der Waals surface area (Å²) in [6, 6.07) is 5.32. The first kappa shape index (κ1) is 15.0. The van der Waals surface area contributed by atoms with E-state index in [0.29, 0.717) is 17.9 Å². The Morgan fingerprint density at radius 2 is 2.17 bits per heavy atom. The lowest BCUT2D eigenvalue weighted by atomic mass is 10.1. The maximum absolute atomic E-state index is 12.1. The molecule has 0 saturated heterocycles. The van der Waals surface area contributed by atoms with Gasteiger partial charge in [0.1, 0.15) is 5.75 Å². The molecule has 1 aromatic rings. The average Bonchev–Trinajstić information content (AvgIpc) is 2.38. The summed E-state index contributed by atoms with van der Waals surface area (Å²) in [4.78, 5) is 12.1. The minimum absolute atomic E-state index is 0.0144. The van der Waals surface area contributed by atoms with E-state index in [1.807, 2.05) is 6.92 Å². The molecule has 0 aliphatic rings. The zero-order valence-corrected chi connectivity index (χ0v) is 12.4. The molecule has 0 spiro atoms. The van der Waals surface area contributed by atoms with Gasteiger partial charge in [-0.2, -0.15) is 0 Å². The first-order chi connectivity index (χ1) is 8.62. The van der Waals surface area contributed by atoms with Gasteiger partial charge in [-0.25, -0.2) is 0 Å². The van der Waals surface area contributed by atoms with Gasteiger partial charge in [0.2, 0.25) is 0 Å². The molecule has 5 heteroatoms. The van der Waals surface area contributed by atoms with Gasteiger partial charge in [0.15, 0.2) is 0 Å². The smallest absolute Gasteiger partial charge is 0.252 e. The molecule has 1 unspecified atom stereocenters. The second kappa shape index (κ2) is 7.38. The number of hydrogen-bond donors (Lipinski definition) is 1. The van der Waals surface area contributed by atoms with Gasteiger partial charge in [0.25, 0.3) is 5.91 Å². The van der Waals surface area contributed by atoms with Crippen molar-refractivity contribution in [2.45, 2.75) is 19.4 Å². The second-order valence-corrected chi connectivity index (χ2v) is 4.73. The first-order valence-electron chi connectivity index (χ1n) is 5.75. The van der Waals surface area contributed by atoms with Crippen LogP contribution in [-0.2, 0) is 4.74 Å². The summed E-state index contributed by atoms with van der Waals surface area (Å²) in [5.41, 5.74) is 0.559. The van der Waals surface area contributed by atoms with E-state index in [9.17, 15) is 4.79 Å². The number of halogens is 1. The molecule has 0 bridgehead atoms. The fourth-order valence-corrected chi connectivity index (χ4v) is 1.96. The van der Waals surface area contributed by atoms with Crippen molar-refractivity contribution in [3.05, 3.63) is 28.2 Å². The van der Waals surface area contributed by atoms with Crippen molar-refractivity contribution in [3.63, 3.8) is 0 Å². The molecule has 1 aromatic carbocycles. The third-order valence-electron chi connectivity index (χ3n) is 2.61. The number of carbonyl (C=O) groups excluding carboxylic acids is 1. The van der Waals surface area contributed by atoms with Gasteiger partial charge < -0.3 is 14.8 Å². The summed E-state index contributed by atoms with van der Waals surface area (Å²) in [5.74, 6) is 0.521. The van der Waals surface area contributed by atoms with Crippen molar-refractivity contribution in [2.24, 2.45) is 0 Å². The molecular formula is C13H18BrNO3. The van der Waals surface area contributed by atoms with Gasteiger partial charge in [-0.3, -0.25) is 4.79 Å². The average molecular weight is 316 g/mol. The van der Waals surface area contributed by atoms with Crippen LogP contribution in [0.2, 0.25) is 0 Å². The van der Waals surface area contributed by atoms with E-state index < -0.39 is 0 Å². The SMILES string of the molecule is CCC(COC)NC(=O)c1cc(OC)ccc1Br. The lowest BCUT2D eigenvalue weighted by molar-refractivity contribution is 0.0893. The number of carbonyl (C=O) groups is 1. The Morgan fingerprint density at radius 1 is 1.44 bits per heavy atom. The Balaban J connectivity index is 2.82. The van der Waals surface area contributed by atoms with Crippen LogP contribution in [0, 0.1) is 0 Å². The van der Waals surface area contributed by atoms with Crippen LogP contribution in [0.25, 0.3) is 0 Å². The molecule has 0 radical (unpaired) electrons. The van der Waals surface area contributed by atoms with Crippen molar-refractivity contribution in [2.75, 3.05) is 20.8 Å². The molecule has 1 N–H and O–H groups in total. The van der Waals surface area contributed by atoms with Crippen molar-refractivity contribution in [1.29, 1.82) is 0 Å². The Hall–Kier alpha value is -1.07. The number of amides is 1. The Bertz CT molecular complexity index is 409. The molecule has 0 saturated carbocycles. The van der Waals surface area contributed by atoms with Crippen LogP contribution in [0.3, 0.4) is 0 Å². The monoisotopic (exact) mass is 315 g/mol. The summed E-state index contributed by atoms with van der Waals surface area (Å²) in [6.45, 7) is 2.51. The molecule has 100 valence electrons. The van der Waals surface area contributed by atoms with Crippen LogP contribution in [0.5, 0.6) is 5.75 Å². The number of hydrogen-bond acceptors (Lipinski definition) is 3. The minimum Gasteiger partial charge on any atom is -0.497 e. The summed E-state index contributed by atoms with van der Waals surface area (Å²) in [5, 5.41) is 2.93. The van der Waals surface area contributed by atoms with E-state index in [1.165, 1.54) is 0 Å². The van der Waals surface area contributed by atoms with Gasteiger partial charge in [0, 0.05) is 11.6 Å². The molecule has 1 rings (SSSR count). The molecule has 0 aromatic heterocycles.